The molecule has 1 fully saturated rings. The van der Waals surface area contributed by atoms with E-state index in [4.69, 9.17) is 15.2 Å². The standard InChI is InChI=1S/C20H30N2O4/c1-2-25-17-6-4-16(5-7-17)19(23)8-9-20(24)22-13-10-18(11-14-22)26-15-3-12-21/h4-7,18H,2-3,8-15,21H2,1H3. The van der Waals surface area contributed by atoms with E-state index in [0.29, 0.717) is 38.4 Å². The minimum absolute atomic E-state index is 0.0126. The summed E-state index contributed by atoms with van der Waals surface area (Å²) in [4.78, 5) is 26.4. The summed E-state index contributed by atoms with van der Waals surface area (Å²) in [6, 6.07) is 7.08. The van der Waals surface area contributed by atoms with Crippen LogP contribution < -0.4 is 10.5 Å². The topological polar surface area (TPSA) is 81.9 Å². The van der Waals surface area contributed by atoms with Crippen LogP contribution in [-0.4, -0.2) is 55.5 Å². The third-order valence-corrected chi connectivity index (χ3v) is 4.55. The molecule has 1 heterocycles. The predicted molar refractivity (Wildman–Crippen MR) is 100 cm³/mol. The van der Waals surface area contributed by atoms with Crippen LogP contribution in [0.3, 0.4) is 0 Å². The van der Waals surface area contributed by atoms with Crippen molar-refractivity contribution in [2.24, 2.45) is 5.73 Å². The van der Waals surface area contributed by atoms with Crippen molar-refractivity contribution in [1.29, 1.82) is 0 Å². The Bertz CT molecular complexity index is 566. The van der Waals surface area contributed by atoms with Crippen molar-refractivity contribution in [2.75, 3.05) is 32.8 Å². The van der Waals surface area contributed by atoms with Gasteiger partial charge in [-0.3, -0.25) is 9.59 Å². The molecule has 1 aliphatic rings. The van der Waals surface area contributed by atoms with E-state index in [1.165, 1.54) is 0 Å². The van der Waals surface area contributed by atoms with Crippen LogP contribution in [0.2, 0.25) is 0 Å². The highest BCUT2D eigenvalue weighted by atomic mass is 16.5. The Hall–Kier alpha value is -1.92. The summed E-state index contributed by atoms with van der Waals surface area (Å²) in [5, 5.41) is 0. The van der Waals surface area contributed by atoms with Crippen LogP contribution in [0.4, 0.5) is 0 Å². The van der Waals surface area contributed by atoms with E-state index in [2.05, 4.69) is 0 Å². The van der Waals surface area contributed by atoms with Crippen molar-refractivity contribution in [1.82, 2.24) is 4.90 Å². The molecule has 1 aromatic carbocycles. The number of likely N-dealkylation sites (tertiary alicyclic amines) is 1. The van der Waals surface area contributed by atoms with Gasteiger partial charge in [0.2, 0.25) is 5.91 Å². The number of carbonyl (C=O) groups is 2. The molecule has 6 nitrogen and oxygen atoms in total. The third-order valence-electron chi connectivity index (χ3n) is 4.55. The van der Waals surface area contributed by atoms with Crippen LogP contribution in [-0.2, 0) is 9.53 Å². The van der Waals surface area contributed by atoms with Crippen molar-refractivity contribution in [3.63, 3.8) is 0 Å². The number of ether oxygens (including phenoxy) is 2. The van der Waals surface area contributed by atoms with Gasteiger partial charge >= 0.3 is 0 Å². The van der Waals surface area contributed by atoms with E-state index in [0.717, 1.165) is 25.0 Å². The van der Waals surface area contributed by atoms with Gasteiger partial charge in [-0.2, -0.15) is 0 Å². The molecule has 1 saturated heterocycles. The SMILES string of the molecule is CCOc1ccc(C(=O)CCC(=O)N2CCC(OCCCN)CC2)cc1. The van der Waals surface area contributed by atoms with Crippen LogP contribution in [0.15, 0.2) is 24.3 Å². The maximum atomic E-state index is 12.3. The van der Waals surface area contributed by atoms with Gasteiger partial charge in [0.05, 0.1) is 12.7 Å². The van der Waals surface area contributed by atoms with E-state index in [1.54, 1.807) is 24.3 Å². The molecule has 0 spiro atoms. The fraction of sp³-hybridized carbons (Fsp3) is 0.600. The average Bonchev–Trinajstić information content (AvgIpc) is 2.67. The number of rotatable bonds is 10. The number of ketones is 1. The van der Waals surface area contributed by atoms with Gasteiger partial charge in [-0.05, 0) is 57.0 Å². The van der Waals surface area contributed by atoms with E-state index in [9.17, 15) is 9.59 Å². The van der Waals surface area contributed by atoms with Gasteiger partial charge in [0.25, 0.3) is 0 Å². The Balaban J connectivity index is 1.70. The second-order valence-corrected chi connectivity index (χ2v) is 6.47. The Morgan fingerprint density at radius 1 is 1.15 bits per heavy atom. The van der Waals surface area contributed by atoms with Gasteiger partial charge < -0.3 is 20.1 Å². The third kappa shape index (κ3) is 6.42. The molecule has 0 saturated carbocycles. The fourth-order valence-electron chi connectivity index (χ4n) is 3.03. The summed E-state index contributed by atoms with van der Waals surface area (Å²) in [6.45, 7) is 5.23. The summed E-state index contributed by atoms with van der Waals surface area (Å²) in [7, 11) is 0. The summed E-state index contributed by atoms with van der Waals surface area (Å²) < 4.78 is 11.1. The van der Waals surface area contributed by atoms with Crippen LogP contribution in [0.1, 0.15) is 49.4 Å². The number of hydrogen-bond acceptors (Lipinski definition) is 5. The zero-order chi connectivity index (χ0) is 18.8. The monoisotopic (exact) mass is 362 g/mol. The number of carbonyl (C=O) groups excluding carboxylic acids is 2. The first-order valence-electron chi connectivity index (χ1n) is 9.49. The Kier molecular flexibility index (Phi) is 8.58. The molecule has 0 radical (unpaired) electrons. The van der Waals surface area contributed by atoms with E-state index < -0.39 is 0 Å². The highest BCUT2D eigenvalue weighted by molar-refractivity contribution is 5.98. The van der Waals surface area contributed by atoms with Gasteiger partial charge in [-0.15, -0.1) is 0 Å². The van der Waals surface area contributed by atoms with Crippen LogP contribution in [0, 0.1) is 0 Å². The first-order chi connectivity index (χ1) is 12.6. The van der Waals surface area contributed by atoms with Crippen molar-refractivity contribution in [2.45, 2.75) is 45.1 Å². The zero-order valence-corrected chi connectivity index (χ0v) is 15.6. The quantitative estimate of drug-likeness (QED) is 0.510. The lowest BCUT2D eigenvalue weighted by molar-refractivity contribution is -0.133. The number of nitrogens with two attached hydrogens (primary N) is 1. The number of Topliss-reactive ketones (excluding diaryl/α,β-unsaturated/α-hetero) is 1. The summed E-state index contributed by atoms with van der Waals surface area (Å²) in [6.07, 6.45) is 3.28. The highest BCUT2D eigenvalue weighted by Gasteiger charge is 2.23. The first kappa shape index (κ1) is 20.4. The predicted octanol–water partition coefficient (Wildman–Crippen LogP) is 2.40. The molecule has 1 aromatic rings. The maximum Gasteiger partial charge on any atom is 0.223 e. The minimum atomic E-state index is -0.0126. The Labute approximate surface area is 155 Å². The van der Waals surface area contributed by atoms with Crippen LogP contribution in [0.25, 0.3) is 0 Å². The molecule has 1 aliphatic heterocycles. The molecule has 0 aliphatic carbocycles. The maximum absolute atomic E-state index is 12.3. The van der Waals surface area contributed by atoms with Gasteiger partial charge in [0, 0.05) is 38.1 Å². The zero-order valence-electron chi connectivity index (χ0n) is 15.6. The lowest BCUT2D eigenvalue weighted by Crippen LogP contribution is -2.41. The lowest BCUT2D eigenvalue weighted by atomic mass is 10.0. The van der Waals surface area contributed by atoms with Gasteiger partial charge in [0.15, 0.2) is 5.78 Å². The molecular formula is C20H30N2O4. The summed E-state index contributed by atoms with van der Waals surface area (Å²) in [5.74, 6) is 0.780. The average molecular weight is 362 g/mol. The Morgan fingerprint density at radius 2 is 1.85 bits per heavy atom. The van der Waals surface area contributed by atoms with Crippen LogP contribution in [0.5, 0.6) is 5.75 Å². The normalized spacial score (nSPS) is 15.1. The molecule has 0 bridgehead atoms. The van der Waals surface area contributed by atoms with Crippen LogP contribution >= 0.6 is 0 Å². The lowest BCUT2D eigenvalue weighted by Gasteiger charge is -2.32. The van der Waals surface area contributed by atoms with Crippen molar-refractivity contribution < 1.29 is 19.1 Å². The number of benzene rings is 1. The molecule has 144 valence electrons. The number of piperidine rings is 1. The van der Waals surface area contributed by atoms with E-state index in [1.807, 2.05) is 11.8 Å². The molecule has 6 heteroatoms. The molecular weight excluding hydrogens is 332 g/mol. The van der Waals surface area contributed by atoms with Crippen molar-refractivity contribution in [3.8, 4) is 5.75 Å². The summed E-state index contributed by atoms with van der Waals surface area (Å²) >= 11 is 0. The molecule has 0 aromatic heterocycles. The number of hydrogen-bond donors (Lipinski definition) is 1. The molecule has 26 heavy (non-hydrogen) atoms. The first-order valence-corrected chi connectivity index (χ1v) is 9.49. The smallest absolute Gasteiger partial charge is 0.223 e. The van der Waals surface area contributed by atoms with Crippen molar-refractivity contribution >= 4 is 11.7 Å². The van der Waals surface area contributed by atoms with Crippen molar-refractivity contribution in [3.05, 3.63) is 29.8 Å². The van der Waals surface area contributed by atoms with Gasteiger partial charge in [0.1, 0.15) is 5.75 Å². The largest absolute Gasteiger partial charge is 0.494 e. The Morgan fingerprint density at radius 3 is 2.46 bits per heavy atom. The van der Waals surface area contributed by atoms with E-state index in [-0.39, 0.29) is 30.6 Å². The number of nitrogens with zero attached hydrogens (tertiary/aromatic N) is 1. The fourth-order valence-corrected chi connectivity index (χ4v) is 3.03. The second kappa shape index (κ2) is 10.9. The van der Waals surface area contributed by atoms with E-state index >= 15 is 0 Å². The minimum Gasteiger partial charge on any atom is -0.494 e. The summed E-state index contributed by atoms with van der Waals surface area (Å²) in [5.41, 5.74) is 6.08. The molecule has 2 N–H and O–H groups in total. The molecule has 2 rings (SSSR count). The number of amides is 1. The molecule has 0 unspecified atom stereocenters. The second-order valence-electron chi connectivity index (χ2n) is 6.47. The van der Waals surface area contributed by atoms with Gasteiger partial charge in [-0.25, -0.2) is 0 Å². The van der Waals surface area contributed by atoms with Gasteiger partial charge in [-0.1, -0.05) is 0 Å². The molecule has 0 atom stereocenters. The highest BCUT2D eigenvalue weighted by Crippen LogP contribution is 2.17. The molecule has 1 amide bonds.